The van der Waals surface area contributed by atoms with E-state index < -0.39 is 0 Å². The Hall–Kier alpha value is -2.38. The molecule has 2 aromatic rings. The van der Waals surface area contributed by atoms with Crippen LogP contribution in [-0.4, -0.2) is 17.6 Å². The fourth-order valence-electron chi connectivity index (χ4n) is 2.90. The zero-order valence-electron chi connectivity index (χ0n) is 15.0. The second-order valence-corrected chi connectivity index (χ2v) is 7.36. The van der Waals surface area contributed by atoms with Crippen molar-refractivity contribution >= 4 is 44.9 Å². The average molecular weight is 446 g/mol. The second kappa shape index (κ2) is 8.54. The number of anilines is 1. The van der Waals surface area contributed by atoms with E-state index in [-0.39, 0.29) is 11.9 Å². The van der Waals surface area contributed by atoms with Crippen molar-refractivity contribution in [3.63, 3.8) is 0 Å². The van der Waals surface area contributed by atoms with Gasteiger partial charge in [0.25, 0.3) is 5.91 Å². The Morgan fingerprint density at radius 3 is 2.48 bits per heavy atom. The lowest BCUT2D eigenvalue weighted by molar-refractivity contribution is -0.113. The van der Waals surface area contributed by atoms with E-state index in [0.29, 0.717) is 17.3 Å². The van der Waals surface area contributed by atoms with E-state index in [1.807, 2.05) is 62.4 Å². The Morgan fingerprint density at radius 2 is 1.85 bits per heavy atom. The number of hydrogen-bond acceptors (Lipinski definition) is 3. The van der Waals surface area contributed by atoms with Gasteiger partial charge in [0.1, 0.15) is 5.75 Å². The molecule has 140 valence electrons. The quantitative estimate of drug-likeness (QED) is 0.599. The zero-order chi connectivity index (χ0) is 19.4. The lowest BCUT2D eigenvalue weighted by Gasteiger charge is -2.30. The molecule has 1 heterocycles. The third kappa shape index (κ3) is 4.67. The van der Waals surface area contributed by atoms with Crippen LogP contribution in [0.15, 0.2) is 64.3 Å². The van der Waals surface area contributed by atoms with Crippen LogP contribution >= 0.6 is 28.1 Å². The Bertz CT molecular complexity index is 879. The number of hydrogen-bond donors (Lipinski definition) is 3. The summed E-state index contributed by atoms with van der Waals surface area (Å²) in [4.78, 5) is 13.0. The molecule has 2 aromatic carbocycles. The maximum absolute atomic E-state index is 13.0. The van der Waals surface area contributed by atoms with E-state index in [9.17, 15) is 4.79 Å². The first-order valence-electron chi connectivity index (χ1n) is 8.56. The minimum absolute atomic E-state index is 0.184. The van der Waals surface area contributed by atoms with Crippen molar-refractivity contribution in [3.05, 3.63) is 69.8 Å². The number of halogens is 1. The van der Waals surface area contributed by atoms with Crippen molar-refractivity contribution in [2.45, 2.75) is 19.9 Å². The molecular weight excluding hydrogens is 426 g/mol. The molecule has 0 saturated heterocycles. The number of amides is 1. The van der Waals surface area contributed by atoms with Crippen molar-refractivity contribution in [1.29, 1.82) is 0 Å². The Morgan fingerprint density at radius 1 is 1.19 bits per heavy atom. The summed E-state index contributed by atoms with van der Waals surface area (Å²) in [5.74, 6) is 0.607. The van der Waals surface area contributed by atoms with E-state index in [4.69, 9.17) is 17.0 Å². The lowest BCUT2D eigenvalue weighted by atomic mass is 9.95. The second-order valence-electron chi connectivity index (χ2n) is 6.03. The Balaban J connectivity index is 1.89. The number of rotatable bonds is 5. The van der Waals surface area contributed by atoms with Crippen molar-refractivity contribution in [1.82, 2.24) is 10.6 Å². The molecule has 1 aliphatic heterocycles. The van der Waals surface area contributed by atoms with Crippen LogP contribution in [0.5, 0.6) is 5.75 Å². The van der Waals surface area contributed by atoms with Gasteiger partial charge < -0.3 is 20.7 Å². The van der Waals surface area contributed by atoms with Gasteiger partial charge in [-0.1, -0.05) is 28.1 Å². The monoisotopic (exact) mass is 445 g/mol. The normalized spacial score (nSPS) is 16.4. The van der Waals surface area contributed by atoms with Gasteiger partial charge in [0.15, 0.2) is 5.11 Å². The summed E-state index contributed by atoms with van der Waals surface area (Å²) >= 11 is 8.69. The number of allylic oxidation sites excluding steroid dienone is 1. The molecule has 0 saturated carbocycles. The minimum atomic E-state index is -0.343. The minimum Gasteiger partial charge on any atom is -0.494 e. The zero-order valence-corrected chi connectivity index (χ0v) is 17.4. The van der Waals surface area contributed by atoms with Crippen LogP contribution < -0.4 is 20.7 Å². The third-order valence-electron chi connectivity index (χ3n) is 4.14. The van der Waals surface area contributed by atoms with Gasteiger partial charge in [0, 0.05) is 15.9 Å². The summed E-state index contributed by atoms with van der Waals surface area (Å²) in [5.41, 5.74) is 2.98. The molecule has 0 aliphatic carbocycles. The number of carbonyl (C=O) groups excluding carboxylic acids is 1. The first-order valence-corrected chi connectivity index (χ1v) is 9.76. The lowest BCUT2D eigenvalue weighted by Crippen LogP contribution is -2.45. The fourth-order valence-corrected chi connectivity index (χ4v) is 3.43. The SMILES string of the molecule is CCOc1ccc(C2NC(=S)NC(C)=C2C(=O)Nc2ccc(Br)cc2)cc1. The van der Waals surface area contributed by atoms with Crippen LogP contribution in [-0.2, 0) is 4.79 Å². The van der Waals surface area contributed by atoms with Gasteiger partial charge >= 0.3 is 0 Å². The highest BCUT2D eigenvalue weighted by Gasteiger charge is 2.29. The Kier molecular flexibility index (Phi) is 6.13. The van der Waals surface area contributed by atoms with Gasteiger partial charge in [-0.15, -0.1) is 0 Å². The highest BCUT2D eigenvalue weighted by molar-refractivity contribution is 9.10. The van der Waals surface area contributed by atoms with Crippen LogP contribution in [0.4, 0.5) is 5.69 Å². The summed E-state index contributed by atoms with van der Waals surface area (Å²) < 4.78 is 6.45. The average Bonchev–Trinajstić information content (AvgIpc) is 2.64. The fraction of sp³-hybridized carbons (Fsp3) is 0.200. The van der Waals surface area contributed by atoms with E-state index >= 15 is 0 Å². The molecule has 7 heteroatoms. The van der Waals surface area contributed by atoms with Gasteiger partial charge in [0.05, 0.1) is 18.2 Å². The smallest absolute Gasteiger partial charge is 0.255 e. The molecule has 0 radical (unpaired) electrons. The molecule has 0 fully saturated rings. The van der Waals surface area contributed by atoms with E-state index in [0.717, 1.165) is 27.2 Å². The molecule has 3 rings (SSSR count). The number of benzene rings is 2. The van der Waals surface area contributed by atoms with Crippen molar-refractivity contribution < 1.29 is 9.53 Å². The molecule has 27 heavy (non-hydrogen) atoms. The molecule has 1 amide bonds. The third-order valence-corrected chi connectivity index (χ3v) is 4.89. The molecule has 0 aromatic heterocycles. The van der Waals surface area contributed by atoms with Crippen LogP contribution in [0.1, 0.15) is 25.5 Å². The van der Waals surface area contributed by atoms with E-state index in [2.05, 4.69) is 31.9 Å². The van der Waals surface area contributed by atoms with Gasteiger partial charge in [0.2, 0.25) is 0 Å². The highest BCUT2D eigenvalue weighted by Crippen LogP contribution is 2.29. The number of carbonyl (C=O) groups is 1. The molecule has 0 spiro atoms. The van der Waals surface area contributed by atoms with Crippen LogP contribution in [0.3, 0.4) is 0 Å². The number of nitrogens with one attached hydrogen (secondary N) is 3. The maximum Gasteiger partial charge on any atom is 0.255 e. The summed E-state index contributed by atoms with van der Waals surface area (Å²) in [6.45, 7) is 4.40. The largest absolute Gasteiger partial charge is 0.494 e. The molecule has 1 unspecified atom stereocenters. The molecule has 1 atom stereocenters. The Labute approximate surface area is 172 Å². The van der Waals surface area contributed by atoms with E-state index in [1.165, 1.54) is 0 Å². The van der Waals surface area contributed by atoms with Crippen LogP contribution in [0.2, 0.25) is 0 Å². The first kappa shape index (κ1) is 19.4. The standard InChI is InChI=1S/C20H20BrN3O2S/c1-3-26-16-10-4-13(5-11-16)18-17(12(2)22-20(27)24-18)19(25)23-15-8-6-14(21)7-9-15/h4-11,18H,3H2,1-2H3,(H,23,25)(H2,22,24,27). The van der Waals surface area contributed by atoms with Crippen molar-refractivity contribution in [2.75, 3.05) is 11.9 Å². The number of thiocarbonyl (C=S) groups is 1. The van der Waals surface area contributed by atoms with Gasteiger partial charge in [-0.25, -0.2) is 0 Å². The number of ether oxygens (including phenoxy) is 1. The van der Waals surface area contributed by atoms with Crippen LogP contribution in [0.25, 0.3) is 0 Å². The summed E-state index contributed by atoms with van der Waals surface area (Å²) in [6, 6.07) is 14.8. The maximum atomic E-state index is 13.0. The molecule has 5 nitrogen and oxygen atoms in total. The van der Waals surface area contributed by atoms with Gasteiger partial charge in [-0.2, -0.15) is 0 Å². The molecule has 1 aliphatic rings. The van der Waals surface area contributed by atoms with Crippen molar-refractivity contribution in [2.24, 2.45) is 0 Å². The highest BCUT2D eigenvalue weighted by atomic mass is 79.9. The van der Waals surface area contributed by atoms with Gasteiger partial charge in [-0.3, -0.25) is 4.79 Å². The van der Waals surface area contributed by atoms with Crippen LogP contribution in [0, 0.1) is 0 Å². The predicted molar refractivity (Wildman–Crippen MR) is 115 cm³/mol. The summed E-state index contributed by atoms with van der Waals surface area (Å²) in [7, 11) is 0. The predicted octanol–water partition coefficient (Wildman–Crippen LogP) is 4.28. The topological polar surface area (TPSA) is 62.4 Å². The van der Waals surface area contributed by atoms with Gasteiger partial charge in [-0.05, 0) is 68.0 Å². The van der Waals surface area contributed by atoms with Crippen molar-refractivity contribution in [3.8, 4) is 5.75 Å². The molecular formula is C20H20BrN3O2S. The molecule has 3 N–H and O–H groups in total. The summed E-state index contributed by atoms with van der Waals surface area (Å²) in [6.07, 6.45) is 0. The molecule has 0 bridgehead atoms. The first-order chi connectivity index (χ1) is 13.0. The van der Waals surface area contributed by atoms with E-state index in [1.54, 1.807) is 0 Å². The summed E-state index contributed by atoms with van der Waals surface area (Å²) in [5, 5.41) is 9.68.